The van der Waals surface area contributed by atoms with Gasteiger partial charge in [0.05, 0.1) is 13.2 Å². The quantitative estimate of drug-likeness (QED) is 0.560. The van der Waals surface area contributed by atoms with E-state index in [1.807, 2.05) is 33.8 Å². The summed E-state index contributed by atoms with van der Waals surface area (Å²) in [6.45, 7) is 10.3. The molecule has 0 aromatic heterocycles. The molecule has 98 valence electrons. The van der Waals surface area contributed by atoms with Crippen LogP contribution in [-0.4, -0.2) is 31.1 Å². The molecule has 17 heavy (non-hydrogen) atoms. The Morgan fingerprint density at radius 1 is 1.53 bits per heavy atom. The van der Waals surface area contributed by atoms with Crippen molar-refractivity contribution in [2.24, 2.45) is 5.92 Å². The summed E-state index contributed by atoms with van der Waals surface area (Å²) in [6.07, 6.45) is 1.64. The molecule has 1 atom stereocenters. The summed E-state index contributed by atoms with van der Waals surface area (Å²) in [5, 5.41) is 0. The molecule has 0 aromatic rings. The van der Waals surface area contributed by atoms with Crippen molar-refractivity contribution in [1.82, 2.24) is 0 Å². The van der Waals surface area contributed by atoms with Crippen LogP contribution in [0.15, 0.2) is 11.6 Å². The first-order valence-corrected chi connectivity index (χ1v) is 6.06. The third kappa shape index (κ3) is 4.13. The summed E-state index contributed by atoms with van der Waals surface area (Å²) >= 11 is 0. The van der Waals surface area contributed by atoms with Crippen LogP contribution in [0.5, 0.6) is 0 Å². The minimum Gasteiger partial charge on any atom is -0.463 e. The van der Waals surface area contributed by atoms with Crippen LogP contribution in [0, 0.1) is 5.92 Å². The van der Waals surface area contributed by atoms with Gasteiger partial charge < -0.3 is 14.2 Å². The summed E-state index contributed by atoms with van der Waals surface area (Å²) in [7, 11) is 0. The predicted octanol–water partition coefficient (Wildman–Crippen LogP) is 2.28. The maximum Gasteiger partial charge on any atom is 0.334 e. The Hall–Kier alpha value is -0.870. The molecule has 4 heteroatoms. The fourth-order valence-corrected chi connectivity index (χ4v) is 1.71. The largest absolute Gasteiger partial charge is 0.463 e. The van der Waals surface area contributed by atoms with E-state index in [1.54, 1.807) is 6.92 Å². The Labute approximate surface area is 103 Å². The van der Waals surface area contributed by atoms with Crippen molar-refractivity contribution >= 4 is 5.97 Å². The lowest BCUT2D eigenvalue weighted by Gasteiger charge is -2.17. The second kappa shape index (κ2) is 5.65. The van der Waals surface area contributed by atoms with Crippen LogP contribution in [0.25, 0.3) is 0 Å². The zero-order chi connectivity index (χ0) is 13.1. The average molecular weight is 242 g/mol. The molecule has 0 unspecified atom stereocenters. The van der Waals surface area contributed by atoms with Crippen molar-refractivity contribution in [1.29, 1.82) is 0 Å². The molecular formula is C13H22O4. The van der Waals surface area contributed by atoms with Gasteiger partial charge >= 0.3 is 5.97 Å². The van der Waals surface area contributed by atoms with Gasteiger partial charge in [0.15, 0.2) is 5.79 Å². The number of carbonyl (C=O) groups is 1. The van der Waals surface area contributed by atoms with Crippen LogP contribution in [-0.2, 0) is 19.0 Å². The third-order valence-electron chi connectivity index (χ3n) is 2.53. The van der Waals surface area contributed by atoms with E-state index in [-0.39, 0.29) is 18.0 Å². The van der Waals surface area contributed by atoms with Crippen molar-refractivity contribution in [2.45, 2.75) is 46.5 Å². The molecule has 4 nitrogen and oxygen atoms in total. The van der Waals surface area contributed by atoms with Crippen molar-refractivity contribution in [3.05, 3.63) is 11.6 Å². The minimum absolute atomic E-state index is 0.112. The first kappa shape index (κ1) is 14.2. The van der Waals surface area contributed by atoms with Crippen molar-refractivity contribution in [3.8, 4) is 0 Å². The van der Waals surface area contributed by atoms with Crippen LogP contribution >= 0.6 is 0 Å². The van der Waals surface area contributed by atoms with Gasteiger partial charge in [-0.3, -0.25) is 0 Å². The zero-order valence-electron chi connectivity index (χ0n) is 11.3. The van der Waals surface area contributed by atoms with E-state index >= 15 is 0 Å². The first-order valence-electron chi connectivity index (χ1n) is 6.06. The highest BCUT2D eigenvalue weighted by Crippen LogP contribution is 2.25. The predicted molar refractivity (Wildman–Crippen MR) is 64.5 cm³/mol. The van der Waals surface area contributed by atoms with E-state index in [4.69, 9.17) is 14.2 Å². The van der Waals surface area contributed by atoms with E-state index in [0.29, 0.717) is 18.8 Å². The lowest BCUT2D eigenvalue weighted by molar-refractivity contribution is -0.140. The summed E-state index contributed by atoms with van der Waals surface area (Å²) < 4.78 is 16.1. The first-order chi connectivity index (χ1) is 7.85. The van der Waals surface area contributed by atoms with Crippen LogP contribution in [0.2, 0.25) is 0 Å². The van der Waals surface area contributed by atoms with Crippen LogP contribution in [0.4, 0.5) is 0 Å². The maximum atomic E-state index is 11.7. The molecule has 1 aliphatic heterocycles. The van der Waals surface area contributed by atoms with Crippen molar-refractivity contribution in [3.63, 3.8) is 0 Å². The van der Waals surface area contributed by atoms with Crippen molar-refractivity contribution in [2.75, 3.05) is 13.2 Å². The van der Waals surface area contributed by atoms with Gasteiger partial charge in [-0.2, -0.15) is 0 Å². The van der Waals surface area contributed by atoms with Crippen LogP contribution < -0.4 is 0 Å². The monoisotopic (exact) mass is 242 g/mol. The smallest absolute Gasteiger partial charge is 0.334 e. The van der Waals surface area contributed by atoms with Gasteiger partial charge in [-0.15, -0.1) is 0 Å². The van der Waals surface area contributed by atoms with Gasteiger partial charge in [0.2, 0.25) is 0 Å². The number of hydrogen-bond donors (Lipinski definition) is 0. The van der Waals surface area contributed by atoms with Gasteiger partial charge in [-0.25, -0.2) is 4.79 Å². The number of hydrogen-bond acceptors (Lipinski definition) is 4. The van der Waals surface area contributed by atoms with Gasteiger partial charge in [-0.1, -0.05) is 13.8 Å². The molecule has 0 saturated carbocycles. The standard InChI is InChI=1S/C13H22O4/c1-6-15-12(14)11(9(2)3)7-10-8-16-13(4,5)17-10/h7,9-10H,6,8H2,1-5H3/b11-7+/t10-/m0/s1. The van der Waals surface area contributed by atoms with Gasteiger partial charge in [0.25, 0.3) is 0 Å². The second-order valence-corrected chi connectivity index (χ2v) is 4.86. The number of rotatable bonds is 4. The van der Waals surface area contributed by atoms with E-state index in [2.05, 4.69) is 0 Å². The highest BCUT2D eigenvalue weighted by Gasteiger charge is 2.32. The maximum absolute atomic E-state index is 11.7. The molecule has 1 aliphatic rings. The molecule has 0 radical (unpaired) electrons. The number of carbonyl (C=O) groups excluding carboxylic acids is 1. The molecule has 0 amide bonds. The van der Waals surface area contributed by atoms with Crippen LogP contribution in [0.3, 0.4) is 0 Å². The fourth-order valence-electron chi connectivity index (χ4n) is 1.71. The van der Waals surface area contributed by atoms with Crippen LogP contribution in [0.1, 0.15) is 34.6 Å². The molecule has 1 heterocycles. The zero-order valence-corrected chi connectivity index (χ0v) is 11.3. The number of ether oxygens (including phenoxy) is 3. The molecule has 0 aliphatic carbocycles. The van der Waals surface area contributed by atoms with E-state index in [1.165, 1.54) is 0 Å². The Kier molecular flexibility index (Phi) is 4.71. The Bertz CT molecular complexity index is 305. The highest BCUT2D eigenvalue weighted by atomic mass is 16.7. The minimum atomic E-state index is -0.572. The Morgan fingerprint density at radius 2 is 2.18 bits per heavy atom. The fraction of sp³-hybridized carbons (Fsp3) is 0.769. The van der Waals surface area contributed by atoms with Gasteiger partial charge in [0.1, 0.15) is 6.10 Å². The van der Waals surface area contributed by atoms with Gasteiger partial charge in [0, 0.05) is 5.57 Å². The normalized spacial score (nSPS) is 24.1. The molecule has 0 aromatic carbocycles. The molecule has 1 saturated heterocycles. The van der Waals surface area contributed by atoms with E-state index in [0.717, 1.165) is 0 Å². The summed E-state index contributed by atoms with van der Waals surface area (Å²) in [5.74, 6) is -0.727. The lowest BCUT2D eigenvalue weighted by Crippen LogP contribution is -2.22. The molecule has 0 N–H and O–H groups in total. The molecule has 0 bridgehead atoms. The van der Waals surface area contributed by atoms with Crippen molar-refractivity contribution < 1.29 is 19.0 Å². The summed E-state index contributed by atoms with van der Waals surface area (Å²) in [6, 6.07) is 0. The highest BCUT2D eigenvalue weighted by molar-refractivity contribution is 5.89. The van der Waals surface area contributed by atoms with E-state index in [9.17, 15) is 4.79 Å². The molecular weight excluding hydrogens is 220 g/mol. The lowest BCUT2D eigenvalue weighted by atomic mass is 10.0. The Balaban J connectivity index is 2.74. The Morgan fingerprint density at radius 3 is 2.59 bits per heavy atom. The van der Waals surface area contributed by atoms with Gasteiger partial charge in [-0.05, 0) is 32.8 Å². The average Bonchev–Trinajstić information content (AvgIpc) is 2.54. The summed E-state index contributed by atoms with van der Waals surface area (Å²) in [5.41, 5.74) is 0.651. The van der Waals surface area contributed by atoms with E-state index < -0.39 is 5.79 Å². The molecule has 0 spiro atoms. The summed E-state index contributed by atoms with van der Waals surface area (Å²) in [4.78, 5) is 11.7. The topological polar surface area (TPSA) is 44.8 Å². The second-order valence-electron chi connectivity index (χ2n) is 4.86. The number of esters is 1. The SMILES string of the molecule is CCOC(=O)/C(=C/[C@H]1COC(C)(C)O1)C(C)C. The molecule has 1 fully saturated rings. The molecule has 1 rings (SSSR count). The third-order valence-corrected chi connectivity index (χ3v) is 2.53.